The highest BCUT2D eigenvalue weighted by atomic mass is 35.7. The van der Waals surface area contributed by atoms with Crippen LogP contribution >= 0.6 is 22.3 Å². The molecule has 1 N–H and O–H groups in total. The summed E-state index contributed by atoms with van der Waals surface area (Å²) in [5.41, 5.74) is 1.73. The van der Waals surface area contributed by atoms with Gasteiger partial charge in [-0.2, -0.15) is 0 Å². The Labute approximate surface area is 132 Å². The van der Waals surface area contributed by atoms with E-state index in [9.17, 15) is 13.2 Å². The molecule has 0 unspecified atom stereocenters. The number of hydrogen-bond acceptors (Lipinski definition) is 3. The second-order valence-electron chi connectivity index (χ2n) is 4.38. The third-order valence-electron chi connectivity index (χ3n) is 2.81. The number of benzene rings is 2. The van der Waals surface area contributed by atoms with Crippen molar-refractivity contribution in [1.29, 1.82) is 0 Å². The Morgan fingerprint density at radius 1 is 1.10 bits per heavy atom. The molecule has 2 rings (SSSR count). The lowest BCUT2D eigenvalue weighted by molar-refractivity contribution is 0.102. The van der Waals surface area contributed by atoms with E-state index in [2.05, 4.69) is 5.32 Å². The van der Waals surface area contributed by atoms with Gasteiger partial charge in [-0.25, -0.2) is 8.42 Å². The van der Waals surface area contributed by atoms with Crippen molar-refractivity contribution in [1.82, 2.24) is 0 Å². The lowest BCUT2D eigenvalue weighted by atomic mass is 10.1. The Morgan fingerprint density at radius 2 is 1.71 bits per heavy atom. The number of hydrogen-bond donors (Lipinski definition) is 1. The van der Waals surface area contributed by atoms with Gasteiger partial charge >= 0.3 is 0 Å². The minimum Gasteiger partial charge on any atom is -0.322 e. The highest BCUT2D eigenvalue weighted by molar-refractivity contribution is 8.13. The summed E-state index contributed by atoms with van der Waals surface area (Å²) in [5, 5.41) is 3.25. The molecule has 0 aliphatic rings. The summed E-state index contributed by atoms with van der Waals surface area (Å²) in [6, 6.07) is 10.5. The second kappa shape index (κ2) is 6.05. The van der Waals surface area contributed by atoms with Crippen LogP contribution in [0.1, 0.15) is 15.9 Å². The summed E-state index contributed by atoms with van der Waals surface area (Å²) in [4.78, 5) is 12.0. The van der Waals surface area contributed by atoms with Crippen LogP contribution in [0, 0.1) is 6.92 Å². The second-order valence-corrected chi connectivity index (χ2v) is 7.35. The fourth-order valence-electron chi connectivity index (χ4n) is 1.69. The number of anilines is 1. The summed E-state index contributed by atoms with van der Waals surface area (Å²) in [6.45, 7) is 1.80. The summed E-state index contributed by atoms with van der Waals surface area (Å²) >= 11 is 5.90. The molecule has 0 radical (unpaired) electrons. The van der Waals surface area contributed by atoms with E-state index in [-0.39, 0.29) is 10.8 Å². The predicted octanol–water partition coefficient (Wildman–Crippen LogP) is 3.83. The third-order valence-corrected chi connectivity index (χ3v) is 4.61. The first kappa shape index (κ1) is 15.8. The molecular weight excluding hydrogens is 333 g/mol. The topological polar surface area (TPSA) is 63.2 Å². The molecule has 0 aliphatic heterocycles. The van der Waals surface area contributed by atoms with Crippen molar-refractivity contribution in [3.8, 4) is 0 Å². The molecule has 21 heavy (non-hydrogen) atoms. The number of aryl methyl sites for hydroxylation is 1. The molecule has 0 atom stereocenters. The molecule has 0 saturated heterocycles. The average Bonchev–Trinajstić information content (AvgIpc) is 2.41. The third kappa shape index (κ3) is 3.97. The molecule has 0 fully saturated rings. The van der Waals surface area contributed by atoms with E-state index in [1.807, 2.05) is 0 Å². The zero-order valence-electron chi connectivity index (χ0n) is 10.9. The van der Waals surface area contributed by atoms with Crippen LogP contribution in [0.2, 0.25) is 5.02 Å². The van der Waals surface area contributed by atoms with Crippen molar-refractivity contribution in [2.75, 3.05) is 5.32 Å². The zero-order chi connectivity index (χ0) is 15.6. The van der Waals surface area contributed by atoms with Gasteiger partial charge in [-0.05, 0) is 55.0 Å². The lowest BCUT2D eigenvalue weighted by Gasteiger charge is -2.07. The van der Waals surface area contributed by atoms with Crippen LogP contribution in [0.5, 0.6) is 0 Å². The molecular formula is C14H11Cl2NO3S. The summed E-state index contributed by atoms with van der Waals surface area (Å²) in [7, 11) is 1.45. The number of carbonyl (C=O) groups excluding carboxylic acids is 1. The Balaban J connectivity index is 2.18. The Hall–Kier alpha value is -1.56. The molecule has 0 aromatic heterocycles. The van der Waals surface area contributed by atoms with Gasteiger partial charge in [0.1, 0.15) is 0 Å². The molecule has 2 aromatic carbocycles. The maximum atomic E-state index is 12.1. The van der Waals surface area contributed by atoms with Crippen LogP contribution in [0.15, 0.2) is 47.4 Å². The van der Waals surface area contributed by atoms with Crippen LogP contribution in [-0.4, -0.2) is 14.3 Å². The van der Waals surface area contributed by atoms with E-state index in [1.165, 1.54) is 24.3 Å². The molecule has 0 aliphatic carbocycles. The molecule has 2 aromatic rings. The molecule has 0 bridgehead atoms. The first-order chi connectivity index (χ1) is 9.77. The highest BCUT2D eigenvalue weighted by Crippen LogP contribution is 2.20. The van der Waals surface area contributed by atoms with Crippen LogP contribution in [0.4, 0.5) is 5.69 Å². The van der Waals surface area contributed by atoms with E-state index >= 15 is 0 Å². The van der Waals surface area contributed by atoms with Crippen LogP contribution in [-0.2, 0) is 9.05 Å². The molecule has 4 nitrogen and oxygen atoms in total. The zero-order valence-corrected chi connectivity index (χ0v) is 13.3. The van der Waals surface area contributed by atoms with E-state index < -0.39 is 9.05 Å². The van der Waals surface area contributed by atoms with E-state index in [1.54, 1.807) is 25.1 Å². The van der Waals surface area contributed by atoms with E-state index in [0.29, 0.717) is 16.3 Å². The molecule has 0 heterocycles. The number of nitrogens with one attached hydrogen (secondary N) is 1. The van der Waals surface area contributed by atoms with Crippen molar-refractivity contribution in [3.63, 3.8) is 0 Å². The Bertz CT molecular complexity index is 786. The van der Waals surface area contributed by atoms with Gasteiger partial charge in [0.2, 0.25) is 0 Å². The molecule has 0 saturated carbocycles. The molecule has 1 amide bonds. The first-order valence-electron chi connectivity index (χ1n) is 5.89. The first-order valence-corrected chi connectivity index (χ1v) is 8.58. The smallest absolute Gasteiger partial charge is 0.261 e. The summed E-state index contributed by atoms with van der Waals surface area (Å²) in [6.07, 6.45) is 0. The van der Waals surface area contributed by atoms with E-state index in [0.717, 1.165) is 5.56 Å². The average molecular weight is 344 g/mol. The molecule has 7 heteroatoms. The lowest BCUT2D eigenvalue weighted by Crippen LogP contribution is -2.12. The maximum absolute atomic E-state index is 12.1. The largest absolute Gasteiger partial charge is 0.322 e. The van der Waals surface area contributed by atoms with Crippen LogP contribution < -0.4 is 5.32 Å². The van der Waals surface area contributed by atoms with Gasteiger partial charge in [-0.3, -0.25) is 4.79 Å². The van der Waals surface area contributed by atoms with Crippen molar-refractivity contribution >= 4 is 42.9 Å². The van der Waals surface area contributed by atoms with Gasteiger partial charge in [-0.15, -0.1) is 0 Å². The molecule has 0 spiro atoms. The van der Waals surface area contributed by atoms with Gasteiger partial charge < -0.3 is 5.32 Å². The van der Waals surface area contributed by atoms with Gasteiger partial charge in [0, 0.05) is 27.0 Å². The van der Waals surface area contributed by atoms with Crippen molar-refractivity contribution in [2.45, 2.75) is 11.8 Å². The summed E-state index contributed by atoms with van der Waals surface area (Å²) in [5.74, 6) is -0.309. The number of halogens is 2. The predicted molar refractivity (Wildman–Crippen MR) is 83.6 cm³/mol. The normalized spacial score (nSPS) is 11.2. The van der Waals surface area contributed by atoms with Gasteiger partial charge in [0.15, 0.2) is 0 Å². The maximum Gasteiger partial charge on any atom is 0.261 e. The fourth-order valence-corrected chi connectivity index (χ4v) is 2.58. The van der Waals surface area contributed by atoms with Crippen molar-refractivity contribution in [3.05, 3.63) is 58.6 Å². The fraction of sp³-hybridized carbons (Fsp3) is 0.0714. The Kier molecular flexibility index (Phi) is 4.56. The number of rotatable bonds is 3. The number of amides is 1. The van der Waals surface area contributed by atoms with Gasteiger partial charge in [0.05, 0.1) is 4.90 Å². The Morgan fingerprint density at radius 3 is 2.24 bits per heavy atom. The SMILES string of the molecule is Cc1cc(C(=O)Nc2ccc(S(=O)(=O)Cl)cc2)ccc1Cl. The van der Waals surface area contributed by atoms with Crippen molar-refractivity contribution < 1.29 is 13.2 Å². The highest BCUT2D eigenvalue weighted by Gasteiger charge is 2.11. The summed E-state index contributed by atoms with van der Waals surface area (Å²) < 4.78 is 22.2. The molecule has 110 valence electrons. The van der Waals surface area contributed by atoms with E-state index in [4.69, 9.17) is 22.3 Å². The standard InChI is InChI=1S/C14H11Cl2NO3S/c1-9-8-10(2-7-13(9)15)14(18)17-11-3-5-12(6-4-11)21(16,19)20/h2-8H,1H3,(H,17,18). The minimum atomic E-state index is -3.77. The number of carbonyl (C=O) groups is 1. The van der Waals surface area contributed by atoms with Crippen LogP contribution in [0.25, 0.3) is 0 Å². The van der Waals surface area contributed by atoms with Gasteiger partial charge in [-0.1, -0.05) is 11.6 Å². The van der Waals surface area contributed by atoms with Gasteiger partial charge in [0.25, 0.3) is 15.0 Å². The minimum absolute atomic E-state index is 0.0236. The van der Waals surface area contributed by atoms with Crippen LogP contribution in [0.3, 0.4) is 0 Å². The van der Waals surface area contributed by atoms with Crippen molar-refractivity contribution in [2.24, 2.45) is 0 Å². The monoisotopic (exact) mass is 343 g/mol. The quantitative estimate of drug-likeness (QED) is 0.861.